The number of benzene rings is 1. The van der Waals surface area contributed by atoms with Gasteiger partial charge >= 0.3 is 11.8 Å². The first-order valence-corrected chi connectivity index (χ1v) is 6.36. The van der Waals surface area contributed by atoms with Crippen molar-refractivity contribution in [2.45, 2.75) is 19.3 Å². The number of hydrogen-bond acceptors (Lipinski definition) is 4. The van der Waals surface area contributed by atoms with Crippen LogP contribution in [0.25, 0.3) is 0 Å². The van der Waals surface area contributed by atoms with Crippen LogP contribution in [-0.2, 0) is 18.3 Å². The van der Waals surface area contributed by atoms with Crippen molar-refractivity contribution in [2.24, 2.45) is 7.05 Å². The molecule has 0 saturated heterocycles. The van der Waals surface area contributed by atoms with E-state index in [1.165, 1.54) is 4.57 Å². The predicted octanol–water partition coefficient (Wildman–Crippen LogP) is 2.05. The maximum absolute atomic E-state index is 11.6. The minimum Gasteiger partial charge on any atom is -0.481 e. The standard InChI is InChI=1S/C14H15N3O4/c1-9-15-13(17(20)21)12(16(9)2)11(14(18)19)8-10-6-4-3-5-7-10/h3-7,11H,8H2,1-2H3,(H,18,19). The quantitative estimate of drug-likeness (QED) is 0.671. The van der Waals surface area contributed by atoms with E-state index in [1.807, 2.05) is 6.07 Å². The number of carboxylic acid groups (broad SMARTS) is 1. The first-order chi connectivity index (χ1) is 9.91. The minimum absolute atomic E-state index is 0.119. The lowest BCUT2D eigenvalue weighted by atomic mass is 9.96. The summed E-state index contributed by atoms with van der Waals surface area (Å²) in [5, 5.41) is 20.6. The van der Waals surface area contributed by atoms with Gasteiger partial charge in [0, 0.05) is 14.0 Å². The molecular weight excluding hydrogens is 274 g/mol. The Morgan fingerprint density at radius 3 is 2.57 bits per heavy atom. The lowest BCUT2D eigenvalue weighted by molar-refractivity contribution is -0.390. The first kappa shape index (κ1) is 14.7. The Kier molecular flexibility index (Phi) is 4.02. The van der Waals surface area contributed by atoms with Crippen LogP contribution in [0.4, 0.5) is 5.82 Å². The molecule has 0 saturated carbocycles. The summed E-state index contributed by atoms with van der Waals surface area (Å²) in [5.41, 5.74) is 0.923. The predicted molar refractivity (Wildman–Crippen MR) is 75.1 cm³/mol. The zero-order valence-corrected chi connectivity index (χ0v) is 11.7. The van der Waals surface area contributed by atoms with Crippen LogP contribution in [0.1, 0.15) is 23.0 Å². The van der Waals surface area contributed by atoms with Crippen LogP contribution < -0.4 is 0 Å². The topological polar surface area (TPSA) is 98.3 Å². The van der Waals surface area contributed by atoms with Gasteiger partial charge in [0.1, 0.15) is 11.6 Å². The molecule has 0 spiro atoms. The fourth-order valence-electron chi connectivity index (χ4n) is 2.28. The van der Waals surface area contributed by atoms with E-state index < -0.39 is 22.6 Å². The Balaban J connectivity index is 2.49. The fourth-order valence-corrected chi connectivity index (χ4v) is 2.28. The summed E-state index contributed by atoms with van der Waals surface area (Å²) in [7, 11) is 1.59. The SMILES string of the molecule is Cc1nc([N+](=O)[O-])c(C(Cc2ccccc2)C(=O)O)n1C. The Hall–Kier alpha value is -2.70. The molecule has 0 fully saturated rings. The van der Waals surface area contributed by atoms with Crippen LogP contribution >= 0.6 is 0 Å². The van der Waals surface area contributed by atoms with Crippen LogP contribution in [-0.4, -0.2) is 25.6 Å². The molecule has 2 rings (SSSR count). The Morgan fingerprint density at radius 2 is 2.05 bits per heavy atom. The molecule has 1 aromatic heterocycles. The van der Waals surface area contributed by atoms with E-state index in [4.69, 9.17) is 0 Å². The van der Waals surface area contributed by atoms with Crippen LogP contribution in [0.15, 0.2) is 30.3 Å². The monoisotopic (exact) mass is 289 g/mol. The third-order valence-electron chi connectivity index (χ3n) is 3.43. The Bertz CT molecular complexity index is 679. The van der Waals surface area contributed by atoms with Gasteiger partial charge in [-0.05, 0) is 21.9 Å². The van der Waals surface area contributed by atoms with Gasteiger partial charge in [0.15, 0.2) is 0 Å². The van der Waals surface area contributed by atoms with E-state index in [-0.39, 0.29) is 12.1 Å². The highest BCUT2D eigenvalue weighted by molar-refractivity contribution is 5.77. The highest BCUT2D eigenvalue weighted by atomic mass is 16.6. The van der Waals surface area contributed by atoms with Gasteiger partial charge in [-0.1, -0.05) is 30.3 Å². The summed E-state index contributed by atoms with van der Waals surface area (Å²) < 4.78 is 1.47. The lowest BCUT2D eigenvalue weighted by Gasteiger charge is -2.13. The molecule has 1 unspecified atom stereocenters. The molecule has 0 aliphatic carbocycles. The molecule has 110 valence electrons. The molecule has 1 atom stereocenters. The van der Waals surface area contributed by atoms with Crippen LogP contribution in [0.5, 0.6) is 0 Å². The number of rotatable bonds is 5. The van der Waals surface area contributed by atoms with Crippen molar-refractivity contribution in [2.75, 3.05) is 0 Å². The van der Waals surface area contributed by atoms with Gasteiger partial charge in [0.05, 0.1) is 0 Å². The van der Waals surface area contributed by atoms with Gasteiger partial charge in [-0.15, -0.1) is 0 Å². The summed E-state index contributed by atoms with van der Waals surface area (Å²) in [4.78, 5) is 25.9. The highest BCUT2D eigenvalue weighted by Crippen LogP contribution is 2.29. The van der Waals surface area contributed by atoms with Crippen LogP contribution in [0, 0.1) is 17.0 Å². The van der Waals surface area contributed by atoms with Crippen molar-refractivity contribution in [3.05, 3.63) is 57.5 Å². The van der Waals surface area contributed by atoms with E-state index in [0.717, 1.165) is 5.56 Å². The van der Waals surface area contributed by atoms with E-state index in [9.17, 15) is 20.0 Å². The second-order valence-electron chi connectivity index (χ2n) is 4.76. The highest BCUT2D eigenvalue weighted by Gasteiger charge is 2.34. The van der Waals surface area contributed by atoms with Gasteiger partial charge < -0.3 is 19.8 Å². The number of aryl methyl sites for hydroxylation is 1. The molecule has 1 heterocycles. The van der Waals surface area contributed by atoms with E-state index in [2.05, 4.69) is 4.98 Å². The molecule has 0 radical (unpaired) electrons. The smallest absolute Gasteiger partial charge is 0.386 e. The molecule has 2 aromatic rings. The second-order valence-corrected chi connectivity index (χ2v) is 4.76. The summed E-state index contributed by atoms with van der Waals surface area (Å²) in [6, 6.07) is 9.03. The van der Waals surface area contributed by atoms with Gasteiger partial charge in [0.25, 0.3) is 0 Å². The number of carbonyl (C=O) groups is 1. The van der Waals surface area contributed by atoms with Gasteiger partial charge in [-0.2, -0.15) is 0 Å². The normalized spacial score (nSPS) is 12.1. The minimum atomic E-state index is -1.11. The molecule has 1 aromatic carbocycles. The fraction of sp³-hybridized carbons (Fsp3) is 0.286. The number of aliphatic carboxylic acids is 1. The van der Waals surface area contributed by atoms with E-state index in [1.54, 1.807) is 38.2 Å². The molecule has 0 aliphatic rings. The zero-order valence-electron chi connectivity index (χ0n) is 11.7. The molecule has 7 nitrogen and oxygen atoms in total. The van der Waals surface area contributed by atoms with Crippen molar-refractivity contribution in [3.8, 4) is 0 Å². The number of aromatic nitrogens is 2. The average Bonchev–Trinajstić information content (AvgIpc) is 2.73. The third-order valence-corrected chi connectivity index (χ3v) is 3.43. The van der Waals surface area contributed by atoms with Gasteiger partial charge in [-0.25, -0.2) is 0 Å². The van der Waals surface area contributed by atoms with Crippen LogP contribution in [0.2, 0.25) is 0 Å². The van der Waals surface area contributed by atoms with Crippen molar-refractivity contribution >= 4 is 11.8 Å². The molecule has 1 N–H and O–H groups in total. The molecular formula is C14H15N3O4. The third kappa shape index (κ3) is 2.91. The summed E-state index contributed by atoms with van der Waals surface area (Å²) in [6.07, 6.45) is 0.177. The Labute approximate surface area is 121 Å². The molecule has 0 bridgehead atoms. The van der Waals surface area contributed by atoms with Crippen LogP contribution in [0.3, 0.4) is 0 Å². The van der Waals surface area contributed by atoms with Crippen molar-refractivity contribution < 1.29 is 14.8 Å². The largest absolute Gasteiger partial charge is 0.481 e. The van der Waals surface area contributed by atoms with Gasteiger partial charge in [0.2, 0.25) is 5.82 Å². The maximum atomic E-state index is 11.6. The zero-order chi connectivity index (χ0) is 15.6. The van der Waals surface area contributed by atoms with Crippen molar-refractivity contribution in [1.29, 1.82) is 0 Å². The summed E-state index contributed by atoms with van der Waals surface area (Å²) in [5.74, 6) is -2.10. The van der Waals surface area contributed by atoms with Crippen molar-refractivity contribution in [1.82, 2.24) is 9.55 Å². The Morgan fingerprint density at radius 1 is 1.43 bits per heavy atom. The van der Waals surface area contributed by atoms with Crippen molar-refractivity contribution in [3.63, 3.8) is 0 Å². The molecule has 21 heavy (non-hydrogen) atoms. The second kappa shape index (κ2) is 5.74. The lowest BCUT2D eigenvalue weighted by Crippen LogP contribution is -2.19. The number of imidazole rings is 1. The summed E-state index contributed by atoms with van der Waals surface area (Å²) >= 11 is 0. The summed E-state index contributed by atoms with van der Waals surface area (Å²) in [6.45, 7) is 1.61. The van der Waals surface area contributed by atoms with E-state index in [0.29, 0.717) is 5.82 Å². The van der Waals surface area contributed by atoms with Gasteiger partial charge in [-0.3, -0.25) is 4.79 Å². The number of hydrogen-bond donors (Lipinski definition) is 1. The molecule has 0 amide bonds. The molecule has 7 heteroatoms. The maximum Gasteiger partial charge on any atom is 0.386 e. The number of nitro groups is 1. The number of carboxylic acids is 1. The molecule has 0 aliphatic heterocycles. The number of nitrogens with zero attached hydrogens (tertiary/aromatic N) is 3. The first-order valence-electron chi connectivity index (χ1n) is 6.36. The van der Waals surface area contributed by atoms with E-state index >= 15 is 0 Å². The average molecular weight is 289 g/mol.